The van der Waals surface area contributed by atoms with E-state index in [-0.39, 0.29) is 22.7 Å². The molecule has 8 nitrogen and oxygen atoms in total. The molecule has 0 radical (unpaired) electrons. The highest BCUT2D eigenvalue weighted by Crippen LogP contribution is 2.33. The van der Waals surface area contributed by atoms with E-state index in [1.165, 1.54) is 23.5 Å². The number of thiazole rings is 1. The molecule has 0 aliphatic carbocycles. The van der Waals surface area contributed by atoms with E-state index in [1.54, 1.807) is 54.6 Å². The number of hydrogen-bond acceptors (Lipinski definition) is 7. The van der Waals surface area contributed by atoms with Gasteiger partial charge in [0.2, 0.25) is 6.79 Å². The van der Waals surface area contributed by atoms with Gasteiger partial charge in [0.25, 0.3) is 15.9 Å². The Kier molecular flexibility index (Phi) is 4.72. The molecule has 0 bridgehead atoms. The van der Waals surface area contributed by atoms with Gasteiger partial charge in [-0.1, -0.05) is 29.5 Å². The van der Waals surface area contributed by atoms with Crippen molar-refractivity contribution in [2.75, 3.05) is 16.8 Å². The van der Waals surface area contributed by atoms with Gasteiger partial charge in [-0.2, -0.15) is 0 Å². The molecule has 0 fully saturated rings. The number of aromatic nitrogens is 1. The molecule has 1 aliphatic rings. The van der Waals surface area contributed by atoms with Crippen molar-refractivity contribution in [2.45, 2.75) is 4.90 Å². The SMILES string of the molecule is O=C(Nc1ccc2nc(NS(=O)(=O)c3ccccc3)sc2c1)c1ccc2c(c1)OCO2. The van der Waals surface area contributed by atoms with E-state index >= 15 is 0 Å². The second-order valence-electron chi connectivity index (χ2n) is 6.64. The normalized spacial score (nSPS) is 12.6. The zero-order valence-corrected chi connectivity index (χ0v) is 17.5. The fraction of sp³-hybridized carbons (Fsp3) is 0.0476. The van der Waals surface area contributed by atoms with Crippen LogP contribution in [0.5, 0.6) is 11.5 Å². The Bertz CT molecular complexity index is 1400. The van der Waals surface area contributed by atoms with Crippen molar-refractivity contribution in [3.63, 3.8) is 0 Å². The number of amides is 1. The standard InChI is InChI=1S/C21H15N3O5S2/c25-20(13-6-9-17-18(10-13)29-12-28-17)22-14-7-8-16-19(11-14)30-21(23-16)24-31(26,27)15-4-2-1-3-5-15/h1-11H,12H2,(H,22,25)(H,23,24). The van der Waals surface area contributed by atoms with Crippen molar-refractivity contribution < 1.29 is 22.7 Å². The molecule has 1 amide bonds. The van der Waals surface area contributed by atoms with Crippen LogP contribution in [0.25, 0.3) is 10.2 Å². The maximum Gasteiger partial charge on any atom is 0.263 e. The monoisotopic (exact) mass is 453 g/mol. The Morgan fingerprint density at radius 1 is 0.968 bits per heavy atom. The summed E-state index contributed by atoms with van der Waals surface area (Å²) in [5.74, 6) is 0.834. The number of sulfonamides is 1. The second-order valence-corrected chi connectivity index (χ2v) is 9.36. The van der Waals surface area contributed by atoms with Gasteiger partial charge in [0.1, 0.15) is 0 Å². The highest BCUT2D eigenvalue weighted by molar-refractivity contribution is 7.93. The van der Waals surface area contributed by atoms with Crippen LogP contribution < -0.4 is 19.5 Å². The number of hydrogen-bond donors (Lipinski definition) is 2. The molecule has 0 spiro atoms. The van der Waals surface area contributed by atoms with Crippen molar-refractivity contribution >= 4 is 48.3 Å². The topological polar surface area (TPSA) is 107 Å². The Morgan fingerprint density at radius 2 is 1.77 bits per heavy atom. The first kappa shape index (κ1) is 19.3. The van der Waals surface area contributed by atoms with Crippen LogP contribution in [0.15, 0.2) is 71.6 Å². The fourth-order valence-corrected chi connectivity index (χ4v) is 5.22. The van der Waals surface area contributed by atoms with Gasteiger partial charge in [-0.25, -0.2) is 13.4 Å². The number of nitrogens with one attached hydrogen (secondary N) is 2. The Balaban J connectivity index is 1.35. The molecule has 0 saturated carbocycles. The van der Waals surface area contributed by atoms with Crippen LogP contribution in [0.3, 0.4) is 0 Å². The number of rotatable bonds is 5. The summed E-state index contributed by atoms with van der Waals surface area (Å²) in [5.41, 5.74) is 1.62. The molecular weight excluding hydrogens is 438 g/mol. The molecule has 2 N–H and O–H groups in total. The highest BCUT2D eigenvalue weighted by atomic mass is 32.2. The minimum atomic E-state index is -3.73. The molecule has 1 aromatic heterocycles. The van der Waals surface area contributed by atoms with Crippen LogP contribution in [0.2, 0.25) is 0 Å². The van der Waals surface area contributed by atoms with E-state index in [9.17, 15) is 13.2 Å². The maximum absolute atomic E-state index is 12.6. The lowest BCUT2D eigenvalue weighted by Gasteiger charge is -2.06. The van der Waals surface area contributed by atoms with Crippen molar-refractivity contribution in [2.24, 2.45) is 0 Å². The quantitative estimate of drug-likeness (QED) is 0.472. The summed E-state index contributed by atoms with van der Waals surface area (Å²) in [4.78, 5) is 17.1. The zero-order chi connectivity index (χ0) is 21.4. The van der Waals surface area contributed by atoms with Crippen LogP contribution >= 0.6 is 11.3 Å². The van der Waals surface area contributed by atoms with E-state index in [1.807, 2.05) is 0 Å². The first-order valence-corrected chi connectivity index (χ1v) is 11.5. The van der Waals surface area contributed by atoms with Crippen LogP contribution in [0, 0.1) is 0 Å². The first-order chi connectivity index (χ1) is 15.0. The third-order valence-corrected chi connectivity index (χ3v) is 6.97. The van der Waals surface area contributed by atoms with Gasteiger partial charge in [0.15, 0.2) is 16.6 Å². The second kappa shape index (κ2) is 7.56. The molecule has 2 heterocycles. The average molecular weight is 454 g/mol. The van der Waals surface area contributed by atoms with Crippen molar-refractivity contribution in [1.29, 1.82) is 0 Å². The van der Waals surface area contributed by atoms with Crippen LogP contribution in [-0.4, -0.2) is 26.1 Å². The third-order valence-electron chi connectivity index (χ3n) is 4.56. The average Bonchev–Trinajstić information content (AvgIpc) is 3.39. The van der Waals surface area contributed by atoms with Gasteiger partial charge < -0.3 is 14.8 Å². The van der Waals surface area contributed by atoms with Gasteiger partial charge in [0, 0.05) is 11.3 Å². The summed E-state index contributed by atoms with van der Waals surface area (Å²) in [6, 6.07) is 18.2. The number of carbonyl (C=O) groups excluding carboxylic acids is 1. The van der Waals surface area contributed by atoms with Crippen molar-refractivity contribution in [3.8, 4) is 11.5 Å². The van der Waals surface area contributed by atoms with Gasteiger partial charge in [-0.15, -0.1) is 0 Å². The summed E-state index contributed by atoms with van der Waals surface area (Å²) >= 11 is 1.18. The summed E-state index contributed by atoms with van der Waals surface area (Å²) in [5, 5.41) is 3.08. The summed E-state index contributed by atoms with van der Waals surface area (Å²) < 4.78 is 38.8. The lowest BCUT2D eigenvalue weighted by Crippen LogP contribution is -2.12. The summed E-state index contributed by atoms with van der Waals surface area (Å²) in [6.07, 6.45) is 0. The summed E-state index contributed by atoms with van der Waals surface area (Å²) in [6.45, 7) is 0.138. The van der Waals surface area contributed by atoms with Crippen LogP contribution in [-0.2, 0) is 10.0 Å². The predicted octanol–water partition coefficient (Wildman–Crippen LogP) is 4.08. The van der Waals surface area contributed by atoms with Crippen molar-refractivity contribution in [1.82, 2.24) is 4.98 Å². The molecule has 0 saturated heterocycles. The minimum absolute atomic E-state index is 0.138. The van der Waals surface area contributed by atoms with E-state index in [0.29, 0.717) is 28.3 Å². The Morgan fingerprint density at radius 3 is 2.61 bits per heavy atom. The molecule has 4 aromatic rings. The molecule has 1 aliphatic heterocycles. The number of ether oxygens (including phenoxy) is 2. The number of anilines is 2. The fourth-order valence-electron chi connectivity index (χ4n) is 3.06. The number of benzene rings is 3. The van der Waals surface area contributed by atoms with Gasteiger partial charge >= 0.3 is 0 Å². The third kappa shape index (κ3) is 3.90. The number of nitrogens with zero attached hydrogens (tertiary/aromatic N) is 1. The van der Waals surface area contributed by atoms with E-state index in [2.05, 4.69) is 15.0 Å². The number of fused-ring (bicyclic) bond motifs is 2. The van der Waals surface area contributed by atoms with E-state index in [0.717, 1.165) is 4.70 Å². The molecule has 156 valence electrons. The van der Waals surface area contributed by atoms with Gasteiger partial charge in [-0.05, 0) is 48.5 Å². The van der Waals surface area contributed by atoms with Gasteiger partial charge in [-0.3, -0.25) is 9.52 Å². The molecule has 5 rings (SSSR count). The smallest absolute Gasteiger partial charge is 0.263 e. The largest absolute Gasteiger partial charge is 0.454 e. The van der Waals surface area contributed by atoms with Crippen molar-refractivity contribution in [3.05, 3.63) is 72.3 Å². The Labute approximate surface area is 181 Å². The Hall–Kier alpha value is -3.63. The van der Waals surface area contributed by atoms with Crippen LogP contribution in [0.1, 0.15) is 10.4 Å². The molecule has 10 heteroatoms. The maximum atomic E-state index is 12.6. The van der Waals surface area contributed by atoms with Crippen LogP contribution in [0.4, 0.5) is 10.8 Å². The first-order valence-electron chi connectivity index (χ1n) is 9.17. The minimum Gasteiger partial charge on any atom is -0.454 e. The molecule has 3 aromatic carbocycles. The van der Waals surface area contributed by atoms with E-state index in [4.69, 9.17) is 9.47 Å². The summed E-state index contributed by atoms with van der Waals surface area (Å²) in [7, 11) is -3.73. The molecule has 31 heavy (non-hydrogen) atoms. The molecular formula is C21H15N3O5S2. The predicted molar refractivity (Wildman–Crippen MR) is 117 cm³/mol. The van der Waals surface area contributed by atoms with E-state index < -0.39 is 10.0 Å². The number of carbonyl (C=O) groups is 1. The lowest BCUT2D eigenvalue weighted by atomic mass is 10.2. The zero-order valence-electron chi connectivity index (χ0n) is 15.9. The highest BCUT2D eigenvalue weighted by Gasteiger charge is 2.18. The molecule has 0 atom stereocenters. The molecule has 0 unspecified atom stereocenters. The lowest BCUT2D eigenvalue weighted by molar-refractivity contribution is 0.102. The van der Waals surface area contributed by atoms with Gasteiger partial charge in [0.05, 0.1) is 15.1 Å².